The molecular weight excluding hydrogens is 997 g/mol. The van der Waals surface area contributed by atoms with Crippen molar-refractivity contribution >= 4 is 71.0 Å². The number of carbonyl (C=O) groups is 10. The van der Waals surface area contributed by atoms with Crippen LogP contribution in [0.2, 0.25) is 0 Å². The summed E-state index contributed by atoms with van der Waals surface area (Å²) < 4.78 is 0. The van der Waals surface area contributed by atoms with Crippen molar-refractivity contribution in [3.05, 3.63) is 18.2 Å². The van der Waals surface area contributed by atoms with Gasteiger partial charge < -0.3 is 98.1 Å². The number of hydrogen-bond acceptors (Lipinski definition) is 16. The van der Waals surface area contributed by atoms with Gasteiger partial charge >= 0.3 is 0 Å². The molecule has 8 atom stereocenters. The van der Waals surface area contributed by atoms with E-state index in [1.165, 1.54) is 17.4 Å². The van der Waals surface area contributed by atoms with E-state index < -0.39 is 121 Å². The van der Waals surface area contributed by atoms with E-state index in [1.54, 1.807) is 13.8 Å². The highest BCUT2D eigenvalue weighted by Crippen LogP contribution is 2.21. The maximum absolute atomic E-state index is 14.2. The molecule has 0 saturated carbocycles. The van der Waals surface area contributed by atoms with Gasteiger partial charge in [0, 0.05) is 44.4 Å². The lowest BCUT2D eigenvalue weighted by Crippen LogP contribution is -2.61. The van der Waals surface area contributed by atoms with Crippen molar-refractivity contribution in [2.45, 2.75) is 146 Å². The zero-order valence-corrected chi connectivity index (χ0v) is 43.2. The molecule has 0 radical (unpaired) electrons. The number of aromatic nitrogens is 2. The van der Waals surface area contributed by atoms with E-state index in [0.29, 0.717) is 31.5 Å². The molecule has 2 rings (SSSR count). The number of aliphatic hydroxyl groups excluding tert-OH is 1. The van der Waals surface area contributed by atoms with Crippen LogP contribution in [-0.2, 0) is 54.4 Å². The Morgan fingerprint density at radius 1 is 0.684 bits per heavy atom. The fourth-order valence-electron chi connectivity index (χ4n) is 7.88. The van der Waals surface area contributed by atoms with Crippen LogP contribution < -0.4 is 83.1 Å². The predicted molar refractivity (Wildman–Crippen MR) is 276 cm³/mol. The van der Waals surface area contributed by atoms with Crippen molar-refractivity contribution in [1.82, 2.24) is 52.1 Å². The van der Waals surface area contributed by atoms with Crippen LogP contribution >= 0.6 is 0 Å². The summed E-state index contributed by atoms with van der Waals surface area (Å²) in [5.41, 5.74) is 44.3. The number of likely N-dealkylation sites (tertiary alicyclic amines) is 1. The van der Waals surface area contributed by atoms with Crippen LogP contribution in [0.5, 0.6) is 0 Å². The quantitative estimate of drug-likeness (QED) is 0.0169. The van der Waals surface area contributed by atoms with E-state index in [2.05, 4.69) is 57.2 Å². The Balaban J connectivity index is 2.38. The molecule has 1 aromatic heterocycles. The average molecular weight is 1080 g/mol. The zero-order valence-electron chi connectivity index (χ0n) is 43.2. The van der Waals surface area contributed by atoms with Crippen molar-refractivity contribution in [1.29, 1.82) is 0 Å². The van der Waals surface area contributed by atoms with Gasteiger partial charge in [-0.05, 0) is 83.1 Å². The van der Waals surface area contributed by atoms with Gasteiger partial charge in [-0.25, -0.2) is 4.98 Å². The number of imidazole rings is 1. The Labute approximate surface area is 440 Å². The Bertz CT molecular complexity index is 2150. The molecule has 0 unspecified atom stereocenters. The van der Waals surface area contributed by atoms with Crippen LogP contribution in [0.4, 0.5) is 0 Å². The molecule has 0 bridgehead atoms. The van der Waals surface area contributed by atoms with Gasteiger partial charge in [-0.2, -0.15) is 0 Å². The van der Waals surface area contributed by atoms with Crippen LogP contribution in [0.25, 0.3) is 0 Å². The molecular formula is C45H80N20O11. The number of rotatable bonds is 36. The number of nitrogens with zero attached hydrogens (tertiary/aromatic N) is 4. The molecule has 0 aromatic carbocycles. The van der Waals surface area contributed by atoms with E-state index in [0.717, 1.165) is 0 Å². The third kappa shape index (κ3) is 24.1. The van der Waals surface area contributed by atoms with Gasteiger partial charge in [-0.3, -0.25) is 57.9 Å². The normalized spacial score (nSPS) is 15.8. The SMILES string of the molecule is CC(C)C[C@H](NC(=O)[C@H](CCCN=C(N)N)NC(=O)[C@@H]1CCCN1C(=O)[C@H](CCCN=C(N)N)NC(=O)[C@@H](N)CCC(N)=O)C(=O)N[C@@H](CO)C(=O)N[C@@H](Cc1cnc[nH]1)C(=O)N[C@@H](CCCCN)C(=O)NCC(N)=O. The second-order valence-electron chi connectivity index (χ2n) is 18.6. The number of guanidine groups is 2. The summed E-state index contributed by atoms with van der Waals surface area (Å²) >= 11 is 0. The van der Waals surface area contributed by atoms with Crippen LogP contribution in [-0.4, -0.2) is 179 Å². The van der Waals surface area contributed by atoms with Crippen molar-refractivity contribution in [3.8, 4) is 0 Å². The van der Waals surface area contributed by atoms with Crippen LogP contribution in [0.3, 0.4) is 0 Å². The number of nitrogens with one attached hydrogen (secondary N) is 8. The topological polar surface area (TPSA) is 540 Å². The molecule has 1 aliphatic heterocycles. The van der Waals surface area contributed by atoms with Crippen molar-refractivity contribution < 1.29 is 53.1 Å². The third-order valence-corrected chi connectivity index (χ3v) is 11.8. The number of H-pyrrole nitrogens is 1. The number of hydrogen-bond donors (Lipinski definition) is 17. The molecule has 25 N–H and O–H groups in total. The number of primary amides is 2. The highest BCUT2D eigenvalue weighted by atomic mass is 16.3. The fourth-order valence-corrected chi connectivity index (χ4v) is 7.88. The molecule has 1 fully saturated rings. The number of aliphatic hydroxyl groups is 1. The molecule has 76 heavy (non-hydrogen) atoms. The lowest BCUT2D eigenvalue weighted by Gasteiger charge is -2.31. The lowest BCUT2D eigenvalue weighted by atomic mass is 10.0. The monoisotopic (exact) mass is 1080 g/mol. The first-order valence-electron chi connectivity index (χ1n) is 25.1. The standard InChI is InChI=1S/C45H80N20O11/c1-24(2)18-30(39(72)64-32(22-66)41(74)63-31(19-25-20-54-23-58-25)40(73)59-27(8-3-4-14-46)37(70)57-21-35(49)68)62-38(71)28(9-5-15-55-44(50)51)60-42(75)33-11-7-17-65(33)43(76)29(10-6-16-56-45(52)53)61-36(69)26(47)12-13-34(48)67/h20,23-24,26-33,66H,3-19,21-22,46-47H2,1-2H3,(H2,48,67)(H2,49,68)(H,54,58)(H,57,70)(H,59,73)(H,60,75)(H,61,69)(H,62,71)(H,63,74)(H,64,72)(H4,50,51,55)(H4,52,53,56)/t26-,27-,28-,29-,30-,31-,32-,33-/m0/s1. The smallest absolute Gasteiger partial charge is 0.245 e. The van der Waals surface area contributed by atoms with Crippen LogP contribution in [0.15, 0.2) is 22.5 Å². The number of aromatic amines is 1. The maximum Gasteiger partial charge on any atom is 0.245 e. The summed E-state index contributed by atoms with van der Waals surface area (Å²) in [5.74, 6) is -8.63. The van der Waals surface area contributed by atoms with E-state index in [-0.39, 0.29) is 102 Å². The van der Waals surface area contributed by atoms with E-state index in [1.807, 2.05) is 0 Å². The van der Waals surface area contributed by atoms with Crippen molar-refractivity contribution in [2.24, 2.45) is 61.8 Å². The van der Waals surface area contributed by atoms with Gasteiger partial charge in [0.25, 0.3) is 0 Å². The summed E-state index contributed by atoms with van der Waals surface area (Å²) in [5, 5.41) is 28.3. The van der Waals surface area contributed by atoms with E-state index >= 15 is 0 Å². The first-order valence-corrected chi connectivity index (χ1v) is 25.1. The summed E-state index contributed by atoms with van der Waals surface area (Å²) in [4.78, 5) is 149. The van der Waals surface area contributed by atoms with Gasteiger partial charge in [0.15, 0.2) is 11.9 Å². The molecule has 10 amide bonds. The Morgan fingerprint density at radius 3 is 1.79 bits per heavy atom. The van der Waals surface area contributed by atoms with E-state index in [9.17, 15) is 53.1 Å². The zero-order chi connectivity index (χ0) is 56.9. The fraction of sp³-hybridized carbons (Fsp3) is 0.667. The summed E-state index contributed by atoms with van der Waals surface area (Å²) in [7, 11) is 0. The summed E-state index contributed by atoms with van der Waals surface area (Å²) in [6, 6.07) is -10.5. The summed E-state index contributed by atoms with van der Waals surface area (Å²) in [6.07, 6.45) is 4.15. The second kappa shape index (κ2) is 34.0. The maximum atomic E-state index is 14.2. The molecule has 1 saturated heterocycles. The van der Waals surface area contributed by atoms with Crippen LogP contribution in [0.1, 0.15) is 96.6 Å². The highest BCUT2D eigenvalue weighted by molar-refractivity contribution is 5.98. The minimum atomic E-state index is -1.69. The van der Waals surface area contributed by atoms with E-state index in [4.69, 9.17) is 45.9 Å². The second-order valence-corrected chi connectivity index (χ2v) is 18.6. The Kier molecular flexibility index (Phi) is 28.8. The van der Waals surface area contributed by atoms with Gasteiger partial charge in [-0.1, -0.05) is 13.8 Å². The van der Waals surface area contributed by atoms with Gasteiger partial charge in [0.05, 0.1) is 25.5 Å². The molecule has 426 valence electrons. The van der Waals surface area contributed by atoms with Gasteiger partial charge in [0.1, 0.15) is 42.3 Å². The molecule has 0 spiro atoms. The first-order chi connectivity index (χ1) is 36.0. The number of carbonyl (C=O) groups excluding carboxylic acids is 10. The molecule has 31 heteroatoms. The minimum absolute atomic E-state index is 0.00634. The van der Waals surface area contributed by atoms with Crippen molar-refractivity contribution in [3.63, 3.8) is 0 Å². The van der Waals surface area contributed by atoms with Gasteiger partial charge in [-0.15, -0.1) is 0 Å². The number of nitrogens with two attached hydrogens (primary N) is 8. The van der Waals surface area contributed by atoms with Crippen LogP contribution in [0, 0.1) is 5.92 Å². The molecule has 31 nitrogen and oxygen atoms in total. The Hall–Kier alpha value is -7.67. The molecule has 2 heterocycles. The van der Waals surface area contributed by atoms with Gasteiger partial charge in [0.2, 0.25) is 59.1 Å². The average Bonchev–Trinajstić information content (AvgIpc) is 4.08. The summed E-state index contributed by atoms with van der Waals surface area (Å²) in [6.45, 7) is 2.58. The first kappa shape index (κ1) is 64.4. The number of aliphatic imine (C=N–C) groups is 2. The van der Waals surface area contributed by atoms with Crippen molar-refractivity contribution in [2.75, 3.05) is 39.3 Å². The molecule has 0 aliphatic carbocycles. The lowest BCUT2D eigenvalue weighted by molar-refractivity contribution is -0.142. The number of unbranched alkanes of at least 4 members (excludes halogenated alkanes) is 1. The number of amides is 10. The predicted octanol–water partition coefficient (Wildman–Crippen LogP) is -7.68. The largest absolute Gasteiger partial charge is 0.394 e. The minimum Gasteiger partial charge on any atom is -0.394 e. The molecule has 1 aromatic rings. The molecule has 1 aliphatic rings. The highest BCUT2D eigenvalue weighted by Gasteiger charge is 2.40. The third-order valence-electron chi connectivity index (χ3n) is 11.8. The Morgan fingerprint density at radius 2 is 1.22 bits per heavy atom.